The molecular formula is C28H26ClN5O2S2. The Morgan fingerprint density at radius 1 is 1.13 bits per heavy atom. The Balaban J connectivity index is 1.47. The van der Waals surface area contributed by atoms with Crippen molar-refractivity contribution in [3.8, 4) is 5.75 Å². The van der Waals surface area contributed by atoms with E-state index in [1.54, 1.807) is 23.6 Å². The fraction of sp³-hybridized carbons (Fsp3) is 0.179. The van der Waals surface area contributed by atoms with E-state index in [1.807, 2.05) is 73.8 Å². The van der Waals surface area contributed by atoms with Crippen molar-refractivity contribution in [2.45, 2.75) is 28.8 Å². The Kier molecular flexibility index (Phi) is 7.97. The Hall–Kier alpha value is -3.40. The van der Waals surface area contributed by atoms with Crippen LogP contribution >= 0.6 is 35.1 Å². The van der Waals surface area contributed by atoms with E-state index in [2.05, 4.69) is 22.8 Å². The third kappa shape index (κ3) is 5.70. The van der Waals surface area contributed by atoms with Gasteiger partial charge in [-0.15, -0.1) is 16.9 Å². The molecule has 2 N–H and O–H groups in total. The second kappa shape index (κ2) is 11.6. The summed E-state index contributed by atoms with van der Waals surface area (Å²) in [5.74, 6) is 1.78. The van der Waals surface area contributed by atoms with Gasteiger partial charge in [-0.2, -0.15) is 4.98 Å². The number of hydrogen-bond acceptors (Lipinski definition) is 7. The lowest BCUT2D eigenvalue weighted by Gasteiger charge is -2.28. The first-order valence-corrected chi connectivity index (χ1v) is 14.4. The number of amides is 1. The average molecular weight is 564 g/mol. The van der Waals surface area contributed by atoms with E-state index in [0.717, 1.165) is 27.5 Å². The van der Waals surface area contributed by atoms with Crippen LogP contribution in [0.5, 0.6) is 5.75 Å². The number of anilines is 2. The van der Waals surface area contributed by atoms with Crippen LogP contribution in [0.1, 0.15) is 24.1 Å². The van der Waals surface area contributed by atoms with E-state index < -0.39 is 6.04 Å². The molecule has 0 unspecified atom stereocenters. The Bertz CT molecular complexity index is 1490. The molecule has 5 rings (SSSR count). The molecule has 1 aliphatic rings. The zero-order valence-electron chi connectivity index (χ0n) is 21.1. The number of thioether (sulfide) groups is 2. The molecule has 1 amide bonds. The first-order chi connectivity index (χ1) is 18.4. The molecule has 38 heavy (non-hydrogen) atoms. The summed E-state index contributed by atoms with van der Waals surface area (Å²) >= 11 is 9.34. The molecule has 0 spiro atoms. The molecule has 1 atom stereocenters. The minimum atomic E-state index is -0.451. The van der Waals surface area contributed by atoms with Gasteiger partial charge in [0.05, 0.1) is 12.7 Å². The van der Waals surface area contributed by atoms with E-state index in [0.29, 0.717) is 33.1 Å². The second-order valence-electron chi connectivity index (χ2n) is 8.60. The van der Waals surface area contributed by atoms with Crippen LogP contribution in [0.3, 0.4) is 0 Å². The molecule has 10 heteroatoms. The number of halogens is 1. The number of hydrogen-bond donors (Lipinski definition) is 2. The Morgan fingerprint density at radius 2 is 1.89 bits per heavy atom. The quantitative estimate of drug-likeness (QED) is 0.226. The average Bonchev–Trinajstić information content (AvgIpc) is 3.34. The maximum atomic E-state index is 13.7. The van der Waals surface area contributed by atoms with Crippen molar-refractivity contribution < 1.29 is 9.53 Å². The normalized spacial score (nSPS) is 14.6. The SMILES string of the molecule is COc1ccc(NC(=O)C2=C(C)Nc3nc(SCc4cccc(Cl)c4)nn3[C@H]2c2ccc(SC)cc2)cc1. The summed E-state index contributed by atoms with van der Waals surface area (Å²) in [7, 11) is 1.61. The van der Waals surface area contributed by atoms with Gasteiger partial charge in [-0.1, -0.05) is 47.6 Å². The van der Waals surface area contributed by atoms with Crippen LogP contribution in [0.4, 0.5) is 11.6 Å². The lowest BCUT2D eigenvalue weighted by molar-refractivity contribution is -0.113. The summed E-state index contributed by atoms with van der Waals surface area (Å²) < 4.78 is 7.03. The zero-order chi connectivity index (χ0) is 26.6. The lowest BCUT2D eigenvalue weighted by Crippen LogP contribution is -2.31. The predicted octanol–water partition coefficient (Wildman–Crippen LogP) is 6.88. The van der Waals surface area contributed by atoms with Crippen LogP contribution in [-0.2, 0) is 10.5 Å². The molecule has 0 aliphatic carbocycles. The third-order valence-electron chi connectivity index (χ3n) is 6.11. The molecule has 1 aromatic heterocycles. The molecule has 0 saturated carbocycles. The lowest BCUT2D eigenvalue weighted by atomic mass is 9.95. The molecule has 0 fully saturated rings. The molecule has 7 nitrogen and oxygen atoms in total. The smallest absolute Gasteiger partial charge is 0.255 e. The number of carbonyl (C=O) groups excluding carboxylic acids is 1. The van der Waals surface area contributed by atoms with E-state index in [4.69, 9.17) is 26.4 Å². The van der Waals surface area contributed by atoms with Crippen molar-refractivity contribution >= 4 is 52.7 Å². The monoisotopic (exact) mass is 563 g/mol. The fourth-order valence-electron chi connectivity index (χ4n) is 4.23. The molecule has 1 aliphatic heterocycles. The van der Waals surface area contributed by atoms with Gasteiger partial charge in [0.1, 0.15) is 11.8 Å². The van der Waals surface area contributed by atoms with Gasteiger partial charge < -0.3 is 15.4 Å². The van der Waals surface area contributed by atoms with Crippen molar-refractivity contribution in [2.75, 3.05) is 24.0 Å². The van der Waals surface area contributed by atoms with Gasteiger partial charge in [-0.05, 0) is 72.8 Å². The largest absolute Gasteiger partial charge is 0.497 e. The van der Waals surface area contributed by atoms with Crippen molar-refractivity contribution in [2.24, 2.45) is 0 Å². The van der Waals surface area contributed by atoms with Gasteiger partial charge in [-0.25, -0.2) is 4.68 Å². The number of ether oxygens (including phenoxy) is 1. The molecule has 0 saturated heterocycles. The number of methoxy groups -OCH3 is 1. The highest BCUT2D eigenvalue weighted by atomic mass is 35.5. The number of carbonyl (C=O) groups is 1. The van der Waals surface area contributed by atoms with Gasteiger partial charge in [0, 0.05) is 27.1 Å². The molecule has 0 bridgehead atoms. The summed E-state index contributed by atoms with van der Waals surface area (Å²) in [5, 5.41) is 12.5. The third-order valence-corrected chi connectivity index (χ3v) is 8.00. The number of benzene rings is 3. The topological polar surface area (TPSA) is 81.1 Å². The maximum absolute atomic E-state index is 13.7. The summed E-state index contributed by atoms with van der Waals surface area (Å²) in [6, 6.07) is 22.8. The van der Waals surface area contributed by atoms with E-state index in [1.165, 1.54) is 11.8 Å². The Labute approximate surface area is 235 Å². The van der Waals surface area contributed by atoms with E-state index in [9.17, 15) is 4.79 Å². The van der Waals surface area contributed by atoms with E-state index in [-0.39, 0.29) is 5.91 Å². The van der Waals surface area contributed by atoms with Crippen molar-refractivity contribution in [1.29, 1.82) is 0 Å². The van der Waals surface area contributed by atoms with Gasteiger partial charge >= 0.3 is 0 Å². The number of nitrogens with zero attached hydrogens (tertiary/aromatic N) is 3. The molecule has 4 aromatic rings. The number of rotatable bonds is 8. The van der Waals surface area contributed by atoms with Crippen LogP contribution in [0.15, 0.2) is 94.1 Å². The number of allylic oxidation sites excluding steroid dienone is 1. The predicted molar refractivity (Wildman–Crippen MR) is 155 cm³/mol. The van der Waals surface area contributed by atoms with Crippen LogP contribution in [0.25, 0.3) is 0 Å². The summed E-state index contributed by atoms with van der Waals surface area (Å²) in [6.45, 7) is 1.89. The van der Waals surface area contributed by atoms with Gasteiger partial charge in [0.15, 0.2) is 0 Å². The summed E-state index contributed by atoms with van der Waals surface area (Å²) in [5.41, 5.74) is 4.00. The second-order valence-corrected chi connectivity index (χ2v) is 10.9. The minimum Gasteiger partial charge on any atom is -0.497 e. The van der Waals surface area contributed by atoms with Crippen LogP contribution in [0.2, 0.25) is 5.02 Å². The molecule has 3 aromatic carbocycles. The Morgan fingerprint density at radius 3 is 2.58 bits per heavy atom. The number of fused-ring (bicyclic) bond motifs is 1. The molecule has 194 valence electrons. The van der Waals surface area contributed by atoms with Crippen LogP contribution in [0, 0.1) is 0 Å². The molecule has 0 radical (unpaired) electrons. The molecule has 2 heterocycles. The summed E-state index contributed by atoms with van der Waals surface area (Å²) in [4.78, 5) is 19.5. The first-order valence-electron chi connectivity index (χ1n) is 11.9. The number of nitrogens with one attached hydrogen (secondary N) is 2. The van der Waals surface area contributed by atoms with Gasteiger partial charge in [0.25, 0.3) is 5.91 Å². The number of aromatic nitrogens is 3. The maximum Gasteiger partial charge on any atom is 0.255 e. The standard InChI is InChI=1S/C28H26ClN5O2S2/c1-17-24(26(35)31-21-9-11-22(36-2)12-10-21)25(19-7-13-23(37-3)14-8-19)34-27(30-17)32-28(33-34)38-16-18-5-4-6-20(29)15-18/h4-15,25H,16H2,1-3H3,(H,31,35)(H,30,32,33)/t25-/m0/s1. The van der Waals surface area contributed by atoms with Crippen LogP contribution in [-0.4, -0.2) is 34.0 Å². The van der Waals surface area contributed by atoms with E-state index >= 15 is 0 Å². The molecular weight excluding hydrogens is 538 g/mol. The highest BCUT2D eigenvalue weighted by molar-refractivity contribution is 7.98. The minimum absolute atomic E-state index is 0.214. The van der Waals surface area contributed by atoms with Crippen molar-refractivity contribution in [1.82, 2.24) is 14.8 Å². The fourth-order valence-corrected chi connectivity index (χ4v) is 5.62. The highest BCUT2D eigenvalue weighted by Gasteiger charge is 2.34. The first kappa shape index (κ1) is 26.2. The van der Waals surface area contributed by atoms with Gasteiger partial charge in [0.2, 0.25) is 11.1 Å². The summed E-state index contributed by atoms with van der Waals surface area (Å²) in [6.07, 6.45) is 2.04. The highest BCUT2D eigenvalue weighted by Crippen LogP contribution is 2.37. The zero-order valence-corrected chi connectivity index (χ0v) is 23.5. The van der Waals surface area contributed by atoms with Crippen LogP contribution < -0.4 is 15.4 Å². The van der Waals surface area contributed by atoms with Crippen molar-refractivity contribution in [3.05, 3.63) is 100 Å². The van der Waals surface area contributed by atoms with Crippen molar-refractivity contribution in [3.63, 3.8) is 0 Å². The van der Waals surface area contributed by atoms with Gasteiger partial charge in [-0.3, -0.25) is 4.79 Å².